The number of halogens is 2. The highest BCUT2D eigenvalue weighted by atomic mass is 32.2. The molecule has 39 heavy (non-hydrogen) atoms. The number of fused-ring (bicyclic) bond motifs is 1. The molecule has 0 aromatic heterocycles. The summed E-state index contributed by atoms with van der Waals surface area (Å²) in [5.41, 5.74) is 4.95. The Balaban J connectivity index is 1.18. The van der Waals surface area contributed by atoms with Gasteiger partial charge in [-0.2, -0.15) is 5.10 Å². The van der Waals surface area contributed by atoms with Crippen LogP contribution in [0.5, 0.6) is 11.5 Å². The minimum absolute atomic E-state index is 0.275. The van der Waals surface area contributed by atoms with E-state index in [0.29, 0.717) is 19.6 Å². The lowest BCUT2D eigenvalue weighted by Gasteiger charge is -2.30. The van der Waals surface area contributed by atoms with E-state index >= 15 is 0 Å². The van der Waals surface area contributed by atoms with Crippen LogP contribution in [0.2, 0.25) is 0 Å². The highest BCUT2D eigenvalue weighted by molar-refractivity contribution is 7.98. The van der Waals surface area contributed by atoms with Crippen molar-refractivity contribution in [3.63, 3.8) is 0 Å². The summed E-state index contributed by atoms with van der Waals surface area (Å²) in [6.45, 7) is 3.67. The van der Waals surface area contributed by atoms with Crippen LogP contribution in [0.4, 0.5) is 8.78 Å². The van der Waals surface area contributed by atoms with Crippen LogP contribution in [0, 0.1) is 11.6 Å². The molecule has 5 rings (SSSR count). The lowest BCUT2D eigenvalue weighted by Crippen LogP contribution is -2.33. The van der Waals surface area contributed by atoms with Crippen molar-refractivity contribution >= 4 is 29.4 Å². The number of benzene rings is 3. The Kier molecular flexibility index (Phi) is 8.90. The molecule has 0 bridgehead atoms. The average molecular weight is 549 g/mol. The topological polar surface area (TPSA) is 72.4 Å². The first-order valence-corrected chi connectivity index (χ1v) is 13.7. The largest absolute Gasteiger partial charge is 0.486 e. The van der Waals surface area contributed by atoms with Gasteiger partial charge in [0.1, 0.15) is 24.8 Å². The van der Waals surface area contributed by atoms with Gasteiger partial charge in [-0.25, -0.2) is 13.2 Å². The summed E-state index contributed by atoms with van der Waals surface area (Å²) in [6, 6.07) is 18.8. The van der Waals surface area contributed by atoms with Crippen LogP contribution >= 0.6 is 11.9 Å². The molecule has 3 aromatic carbocycles. The van der Waals surface area contributed by atoms with Crippen LogP contribution in [0.1, 0.15) is 30.4 Å². The number of hydrogen-bond acceptors (Lipinski definition) is 7. The van der Waals surface area contributed by atoms with Gasteiger partial charge in [-0.15, -0.1) is 0 Å². The van der Waals surface area contributed by atoms with Crippen LogP contribution < -0.4 is 15.3 Å². The molecule has 3 aromatic rings. The molecule has 2 heterocycles. The number of hydrazone groups is 1. The van der Waals surface area contributed by atoms with Crippen molar-refractivity contribution in [1.29, 1.82) is 0 Å². The third-order valence-corrected chi connectivity index (χ3v) is 7.48. The van der Waals surface area contributed by atoms with E-state index in [9.17, 15) is 8.78 Å². The molecule has 2 aliphatic rings. The summed E-state index contributed by atoms with van der Waals surface area (Å²) < 4.78 is 42.8. The molecule has 0 spiro atoms. The first-order chi connectivity index (χ1) is 19.1. The minimum Gasteiger partial charge on any atom is -0.486 e. The van der Waals surface area contributed by atoms with E-state index in [1.54, 1.807) is 30.5 Å². The van der Waals surface area contributed by atoms with Crippen molar-refractivity contribution in [2.75, 3.05) is 32.8 Å². The minimum atomic E-state index is -0.275. The Morgan fingerprint density at radius 3 is 2.10 bits per heavy atom. The maximum Gasteiger partial charge on any atom is 0.162 e. The standard InChI is InChI=1S/C30H30F2N4O2S/c31-24-5-1-21(2-6-24)30(22-3-7-25(32)8-4-22)23-11-14-36(15-12-23)16-13-26(35-33)20-34-39-27-9-10-28-29(19-27)38-18-17-37-28/h1-10,19-20H,11-18,33H2/b34-20+,35-26-. The van der Waals surface area contributed by atoms with E-state index in [4.69, 9.17) is 15.3 Å². The van der Waals surface area contributed by atoms with Gasteiger partial charge in [0.25, 0.3) is 0 Å². The summed E-state index contributed by atoms with van der Waals surface area (Å²) in [5.74, 6) is 6.57. The van der Waals surface area contributed by atoms with E-state index in [2.05, 4.69) is 14.4 Å². The third-order valence-electron chi connectivity index (χ3n) is 6.80. The Morgan fingerprint density at radius 2 is 1.49 bits per heavy atom. The van der Waals surface area contributed by atoms with Crippen molar-refractivity contribution in [2.45, 2.75) is 24.2 Å². The molecule has 6 nitrogen and oxygen atoms in total. The second-order valence-corrected chi connectivity index (χ2v) is 10.2. The van der Waals surface area contributed by atoms with Crippen LogP contribution in [-0.4, -0.2) is 49.7 Å². The maximum absolute atomic E-state index is 13.6. The highest BCUT2D eigenvalue weighted by Crippen LogP contribution is 2.35. The molecule has 9 heteroatoms. The van der Waals surface area contributed by atoms with Crippen LogP contribution in [-0.2, 0) is 0 Å². The van der Waals surface area contributed by atoms with Gasteiger partial charge in [-0.05, 0) is 72.0 Å². The average Bonchev–Trinajstić information content (AvgIpc) is 2.97. The quantitative estimate of drug-likeness (QED) is 0.159. The van der Waals surface area contributed by atoms with Crippen LogP contribution in [0.15, 0.2) is 86.7 Å². The van der Waals surface area contributed by atoms with Crippen molar-refractivity contribution in [3.05, 3.63) is 95.1 Å². The van der Waals surface area contributed by atoms with E-state index in [1.807, 2.05) is 18.2 Å². The van der Waals surface area contributed by atoms with Gasteiger partial charge in [0.15, 0.2) is 11.5 Å². The number of nitrogens with two attached hydrogens (primary N) is 1. The molecule has 0 radical (unpaired) electrons. The van der Waals surface area contributed by atoms with Gasteiger partial charge in [0.2, 0.25) is 0 Å². The van der Waals surface area contributed by atoms with Gasteiger partial charge < -0.3 is 20.2 Å². The van der Waals surface area contributed by atoms with Gasteiger partial charge in [0, 0.05) is 42.9 Å². The predicted molar refractivity (Wildman–Crippen MR) is 153 cm³/mol. The molecule has 0 atom stereocenters. The van der Waals surface area contributed by atoms with E-state index in [-0.39, 0.29) is 11.6 Å². The summed E-state index contributed by atoms with van der Waals surface area (Å²) in [6.07, 6.45) is 4.13. The lowest BCUT2D eigenvalue weighted by atomic mass is 9.88. The fourth-order valence-corrected chi connectivity index (χ4v) is 5.35. The molecule has 0 aliphatic carbocycles. The molecule has 1 fully saturated rings. The summed E-state index contributed by atoms with van der Waals surface area (Å²) >= 11 is 1.33. The van der Waals surface area contributed by atoms with Crippen molar-refractivity contribution in [2.24, 2.45) is 15.3 Å². The maximum atomic E-state index is 13.6. The number of nitrogens with zero attached hydrogens (tertiary/aromatic N) is 3. The summed E-state index contributed by atoms with van der Waals surface area (Å²) in [7, 11) is 0. The number of ether oxygens (including phenoxy) is 2. The van der Waals surface area contributed by atoms with Gasteiger partial charge in [0.05, 0.1) is 11.9 Å². The fourth-order valence-electron chi connectivity index (χ4n) is 4.77. The molecular formula is C30H30F2N4O2S. The zero-order chi connectivity index (χ0) is 27.0. The molecule has 202 valence electrons. The number of piperidine rings is 1. The SMILES string of the molecule is N/N=C(\C=N\Sc1ccc2c(c1)OCCO2)CCN1CCC(=C(c2ccc(F)cc2)c2ccc(F)cc2)CC1. The normalized spacial score (nSPS) is 16.1. The van der Waals surface area contributed by atoms with Crippen molar-refractivity contribution in [3.8, 4) is 11.5 Å². The Morgan fingerprint density at radius 1 is 0.872 bits per heavy atom. The van der Waals surface area contributed by atoms with E-state index in [1.165, 1.54) is 41.8 Å². The first kappa shape index (κ1) is 26.9. The zero-order valence-corrected chi connectivity index (χ0v) is 22.3. The van der Waals surface area contributed by atoms with E-state index in [0.717, 1.165) is 71.3 Å². The number of rotatable bonds is 8. The second kappa shape index (κ2) is 12.9. The molecule has 0 saturated carbocycles. The van der Waals surface area contributed by atoms with Crippen molar-refractivity contribution in [1.82, 2.24) is 4.90 Å². The molecule has 0 amide bonds. The van der Waals surface area contributed by atoms with Crippen LogP contribution in [0.25, 0.3) is 5.57 Å². The van der Waals surface area contributed by atoms with Crippen LogP contribution in [0.3, 0.4) is 0 Å². The predicted octanol–water partition coefficient (Wildman–Crippen LogP) is 6.12. The highest BCUT2D eigenvalue weighted by Gasteiger charge is 2.19. The van der Waals surface area contributed by atoms with Crippen molar-refractivity contribution < 1.29 is 18.3 Å². The Bertz CT molecular complexity index is 1320. The molecule has 0 unspecified atom stereocenters. The molecular weight excluding hydrogens is 518 g/mol. The zero-order valence-electron chi connectivity index (χ0n) is 21.5. The third kappa shape index (κ3) is 7.04. The summed E-state index contributed by atoms with van der Waals surface area (Å²) in [4.78, 5) is 3.32. The molecule has 1 saturated heterocycles. The fraction of sp³-hybridized carbons (Fsp3) is 0.267. The Hall–Kier alpha value is -3.69. The Labute approximate surface area is 231 Å². The van der Waals surface area contributed by atoms with Gasteiger partial charge >= 0.3 is 0 Å². The summed E-state index contributed by atoms with van der Waals surface area (Å²) in [5, 5.41) is 3.92. The second-order valence-electron chi connectivity index (χ2n) is 9.34. The number of likely N-dealkylation sites (tertiary alicyclic amines) is 1. The monoisotopic (exact) mass is 548 g/mol. The van der Waals surface area contributed by atoms with E-state index < -0.39 is 0 Å². The molecule has 2 N–H and O–H groups in total. The van der Waals surface area contributed by atoms with Gasteiger partial charge in [-0.3, -0.25) is 0 Å². The van der Waals surface area contributed by atoms with Gasteiger partial charge in [-0.1, -0.05) is 29.8 Å². The number of hydrogen-bond donors (Lipinski definition) is 1. The smallest absolute Gasteiger partial charge is 0.162 e. The first-order valence-electron chi connectivity index (χ1n) is 12.9. The lowest BCUT2D eigenvalue weighted by molar-refractivity contribution is 0.171. The molecule has 2 aliphatic heterocycles.